The maximum atomic E-state index is 8.92. The van der Waals surface area contributed by atoms with Crippen LogP contribution in [0.2, 0.25) is 0 Å². The van der Waals surface area contributed by atoms with Crippen LogP contribution >= 0.6 is 0 Å². The van der Waals surface area contributed by atoms with Gasteiger partial charge in [0, 0.05) is 36.2 Å². The average Bonchev–Trinajstić information content (AvgIpc) is 2.86. The van der Waals surface area contributed by atoms with Crippen molar-refractivity contribution in [1.82, 2.24) is 14.7 Å². The van der Waals surface area contributed by atoms with Crippen LogP contribution < -0.4 is 0 Å². The first-order valence-corrected chi connectivity index (χ1v) is 8.15. The molecule has 0 fully saturated rings. The topological polar surface area (TPSA) is 44.9 Å². The molecular formula is C19H24N4. The number of hydrogen-bond acceptors (Lipinski definition) is 3. The Bertz CT molecular complexity index is 741. The highest BCUT2D eigenvalue weighted by atomic mass is 15.3. The van der Waals surface area contributed by atoms with Gasteiger partial charge in [0.1, 0.15) is 0 Å². The SMILES string of the molecule is CN1CCc2c(c(C(C)(C)C)nn2Cc2ccc(C#N)cc2)C1. The highest BCUT2D eigenvalue weighted by Gasteiger charge is 2.29. The van der Waals surface area contributed by atoms with Crippen LogP contribution in [0.5, 0.6) is 0 Å². The zero-order valence-corrected chi connectivity index (χ0v) is 14.4. The maximum Gasteiger partial charge on any atom is 0.0991 e. The molecule has 0 amide bonds. The fraction of sp³-hybridized carbons (Fsp3) is 0.474. The molecule has 2 heterocycles. The van der Waals surface area contributed by atoms with Gasteiger partial charge < -0.3 is 4.90 Å². The smallest absolute Gasteiger partial charge is 0.0991 e. The van der Waals surface area contributed by atoms with Crippen LogP contribution in [0, 0.1) is 11.3 Å². The van der Waals surface area contributed by atoms with Gasteiger partial charge in [-0.25, -0.2) is 0 Å². The van der Waals surface area contributed by atoms with Crippen molar-refractivity contribution < 1.29 is 0 Å². The van der Waals surface area contributed by atoms with Crippen molar-refractivity contribution in [3.63, 3.8) is 0 Å². The summed E-state index contributed by atoms with van der Waals surface area (Å²) in [6.07, 6.45) is 1.05. The standard InChI is InChI=1S/C19H24N4/c1-19(2,3)18-16-13-22(4)10-9-17(16)23(21-18)12-15-7-5-14(11-20)6-8-15/h5-8H,9-10,12-13H2,1-4H3. The Kier molecular flexibility index (Phi) is 3.99. The van der Waals surface area contributed by atoms with Gasteiger partial charge in [0.2, 0.25) is 0 Å². The van der Waals surface area contributed by atoms with Crippen LogP contribution in [-0.2, 0) is 24.9 Å². The molecule has 0 unspecified atom stereocenters. The van der Waals surface area contributed by atoms with E-state index in [1.807, 2.05) is 24.3 Å². The van der Waals surface area contributed by atoms with Crippen molar-refractivity contribution in [2.24, 2.45) is 0 Å². The summed E-state index contributed by atoms with van der Waals surface area (Å²) in [6, 6.07) is 9.98. The second-order valence-corrected chi connectivity index (χ2v) is 7.48. The Labute approximate surface area is 138 Å². The van der Waals surface area contributed by atoms with E-state index in [2.05, 4.69) is 43.5 Å². The monoisotopic (exact) mass is 308 g/mol. The summed E-state index contributed by atoms with van der Waals surface area (Å²) in [4.78, 5) is 2.37. The van der Waals surface area contributed by atoms with Crippen LogP contribution in [-0.4, -0.2) is 28.3 Å². The minimum atomic E-state index is 0.0537. The Morgan fingerprint density at radius 2 is 1.91 bits per heavy atom. The zero-order valence-electron chi connectivity index (χ0n) is 14.4. The van der Waals surface area contributed by atoms with Crippen molar-refractivity contribution in [3.8, 4) is 6.07 Å². The first-order chi connectivity index (χ1) is 10.9. The molecule has 0 saturated carbocycles. The molecule has 0 bridgehead atoms. The third-order valence-corrected chi connectivity index (χ3v) is 4.45. The summed E-state index contributed by atoms with van der Waals surface area (Å²) in [5.74, 6) is 0. The Hall–Kier alpha value is -2.12. The summed E-state index contributed by atoms with van der Waals surface area (Å²) in [7, 11) is 2.17. The number of nitrogens with zero attached hydrogens (tertiary/aromatic N) is 4. The van der Waals surface area contributed by atoms with E-state index in [0.717, 1.165) is 26.1 Å². The molecule has 4 nitrogen and oxygen atoms in total. The Morgan fingerprint density at radius 1 is 1.22 bits per heavy atom. The van der Waals surface area contributed by atoms with E-state index in [1.165, 1.54) is 22.5 Å². The molecule has 120 valence electrons. The van der Waals surface area contributed by atoms with Crippen molar-refractivity contribution >= 4 is 0 Å². The Balaban J connectivity index is 1.97. The van der Waals surface area contributed by atoms with E-state index in [1.54, 1.807) is 0 Å². The molecule has 1 aliphatic heterocycles. The number of aromatic nitrogens is 2. The van der Waals surface area contributed by atoms with E-state index in [0.29, 0.717) is 5.56 Å². The average molecular weight is 308 g/mol. The second kappa shape index (κ2) is 5.82. The molecule has 0 radical (unpaired) electrons. The number of nitriles is 1. The zero-order chi connectivity index (χ0) is 16.6. The van der Waals surface area contributed by atoms with Crippen LogP contribution in [0.25, 0.3) is 0 Å². The van der Waals surface area contributed by atoms with Crippen molar-refractivity contribution in [1.29, 1.82) is 5.26 Å². The molecule has 0 atom stereocenters. The fourth-order valence-corrected chi connectivity index (χ4v) is 3.22. The second-order valence-electron chi connectivity index (χ2n) is 7.48. The molecular weight excluding hydrogens is 284 g/mol. The van der Waals surface area contributed by atoms with Crippen LogP contribution in [0.4, 0.5) is 0 Å². The van der Waals surface area contributed by atoms with Crippen LogP contribution in [0.1, 0.15) is 48.8 Å². The van der Waals surface area contributed by atoms with E-state index in [-0.39, 0.29) is 5.41 Å². The van der Waals surface area contributed by atoms with Crippen LogP contribution in [0.15, 0.2) is 24.3 Å². The largest absolute Gasteiger partial charge is 0.302 e. The van der Waals surface area contributed by atoms with Gasteiger partial charge in [-0.05, 0) is 24.7 Å². The molecule has 1 aliphatic rings. The quantitative estimate of drug-likeness (QED) is 0.856. The van der Waals surface area contributed by atoms with E-state index in [4.69, 9.17) is 10.4 Å². The number of fused-ring (bicyclic) bond motifs is 1. The number of hydrogen-bond donors (Lipinski definition) is 0. The van der Waals surface area contributed by atoms with Crippen molar-refractivity contribution in [2.75, 3.05) is 13.6 Å². The number of rotatable bonds is 2. The molecule has 3 rings (SSSR count). The summed E-state index contributed by atoms with van der Waals surface area (Å²) >= 11 is 0. The Morgan fingerprint density at radius 3 is 2.52 bits per heavy atom. The van der Waals surface area contributed by atoms with E-state index < -0.39 is 0 Å². The maximum absolute atomic E-state index is 8.92. The van der Waals surface area contributed by atoms with Gasteiger partial charge in [-0.2, -0.15) is 10.4 Å². The lowest BCUT2D eigenvalue weighted by Crippen LogP contribution is -2.29. The number of benzene rings is 1. The molecule has 0 aliphatic carbocycles. The minimum Gasteiger partial charge on any atom is -0.302 e. The molecule has 2 aromatic rings. The first-order valence-electron chi connectivity index (χ1n) is 8.15. The number of likely N-dealkylation sites (N-methyl/N-ethyl adjacent to an activating group) is 1. The third-order valence-electron chi connectivity index (χ3n) is 4.45. The molecule has 1 aromatic heterocycles. The normalized spacial score (nSPS) is 15.3. The van der Waals surface area contributed by atoms with Crippen LogP contribution in [0.3, 0.4) is 0 Å². The lowest BCUT2D eigenvalue weighted by Gasteiger charge is -2.26. The van der Waals surface area contributed by atoms with Gasteiger partial charge in [0.05, 0.1) is 23.9 Å². The van der Waals surface area contributed by atoms with Gasteiger partial charge in [-0.15, -0.1) is 0 Å². The predicted molar refractivity (Wildman–Crippen MR) is 91.2 cm³/mol. The first kappa shape index (κ1) is 15.8. The van der Waals surface area contributed by atoms with Gasteiger partial charge in [-0.1, -0.05) is 32.9 Å². The lowest BCUT2D eigenvalue weighted by atomic mass is 9.87. The molecule has 1 aromatic carbocycles. The van der Waals surface area contributed by atoms with Gasteiger partial charge in [0.15, 0.2) is 0 Å². The molecule has 0 N–H and O–H groups in total. The van der Waals surface area contributed by atoms with Gasteiger partial charge >= 0.3 is 0 Å². The molecule has 0 spiro atoms. The lowest BCUT2D eigenvalue weighted by molar-refractivity contribution is 0.306. The summed E-state index contributed by atoms with van der Waals surface area (Å²) < 4.78 is 2.17. The van der Waals surface area contributed by atoms with Gasteiger partial charge in [0.25, 0.3) is 0 Å². The van der Waals surface area contributed by atoms with Crippen molar-refractivity contribution in [3.05, 3.63) is 52.3 Å². The molecule has 4 heteroatoms. The molecule has 23 heavy (non-hydrogen) atoms. The summed E-state index contributed by atoms with van der Waals surface area (Å²) in [5, 5.41) is 13.9. The van der Waals surface area contributed by atoms with Gasteiger partial charge in [-0.3, -0.25) is 4.68 Å². The van der Waals surface area contributed by atoms with E-state index in [9.17, 15) is 0 Å². The van der Waals surface area contributed by atoms with E-state index >= 15 is 0 Å². The highest BCUT2D eigenvalue weighted by Crippen LogP contribution is 2.31. The minimum absolute atomic E-state index is 0.0537. The summed E-state index contributed by atoms with van der Waals surface area (Å²) in [5.41, 5.74) is 5.94. The molecule has 0 saturated heterocycles. The fourth-order valence-electron chi connectivity index (χ4n) is 3.22. The highest BCUT2D eigenvalue weighted by molar-refractivity contribution is 5.35. The van der Waals surface area contributed by atoms with Crippen molar-refractivity contribution in [2.45, 2.75) is 45.7 Å². The summed E-state index contributed by atoms with van der Waals surface area (Å²) in [6.45, 7) is 9.53. The predicted octanol–water partition coefficient (Wildman–Crippen LogP) is 3.09. The third kappa shape index (κ3) is 3.16.